The maximum Gasteiger partial charge on any atom is 0.416 e. The second-order valence-electron chi connectivity index (χ2n) is 5.12. The number of carbonyl (C=O) groups excluding carboxylic acids is 1. The molecule has 130 valence electrons. The summed E-state index contributed by atoms with van der Waals surface area (Å²) in [7, 11) is 1.52. The third kappa shape index (κ3) is 4.19. The maximum atomic E-state index is 12.7. The lowest BCUT2D eigenvalue weighted by Gasteiger charge is -2.19. The van der Waals surface area contributed by atoms with E-state index in [2.05, 4.69) is 10.4 Å². The van der Waals surface area contributed by atoms with Crippen LogP contribution in [0.25, 0.3) is 0 Å². The number of hydrogen-bond acceptors (Lipinski definition) is 2. The molecule has 0 saturated heterocycles. The molecule has 2 aromatic rings. The second kappa shape index (κ2) is 7.12. The molecule has 0 aliphatic rings. The van der Waals surface area contributed by atoms with Gasteiger partial charge in [0.1, 0.15) is 0 Å². The van der Waals surface area contributed by atoms with Crippen LogP contribution in [0.15, 0.2) is 30.5 Å². The summed E-state index contributed by atoms with van der Waals surface area (Å²) in [5.74, 6) is 0. The van der Waals surface area contributed by atoms with Gasteiger partial charge >= 0.3 is 12.2 Å². The number of benzene rings is 1. The summed E-state index contributed by atoms with van der Waals surface area (Å²) in [6.45, 7) is 2.65. The quantitative estimate of drug-likeness (QED) is 0.886. The van der Waals surface area contributed by atoms with Crippen LogP contribution in [0.4, 0.5) is 23.7 Å². The van der Waals surface area contributed by atoms with Gasteiger partial charge in [-0.2, -0.15) is 18.3 Å². The molecule has 1 N–H and O–H groups in total. The average molecular weight is 361 g/mol. The number of aromatic nitrogens is 2. The highest BCUT2D eigenvalue weighted by molar-refractivity contribution is 6.31. The van der Waals surface area contributed by atoms with Crippen molar-refractivity contribution >= 4 is 23.3 Å². The third-order valence-electron chi connectivity index (χ3n) is 3.37. The summed E-state index contributed by atoms with van der Waals surface area (Å²) >= 11 is 6.04. The lowest BCUT2D eigenvalue weighted by Crippen LogP contribution is -2.31. The van der Waals surface area contributed by atoms with Crippen LogP contribution in [0.1, 0.15) is 18.2 Å². The van der Waals surface area contributed by atoms with Crippen molar-refractivity contribution in [2.45, 2.75) is 26.2 Å². The number of hydrogen-bond donors (Lipinski definition) is 1. The van der Waals surface area contributed by atoms with Gasteiger partial charge in [0.15, 0.2) is 0 Å². The first kappa shape index (κ1) is 18.1. The molecule has 24 heavy (non-hydrogen) atoms. The molecule has 9 heteroatoms. The number of carbonyl (C=O) groups is 1. The van der Waals surface area contributed by atoms with Crippen molar-refractivity contribution in [3.63, 3.8) is 0 Å². The van der Waals surface area contributed by atoms with Gasteiger partial charge in [-0.25, -0.2) is 4.79 Å². The Hall–Kier alpha value is -2.22. The largest absolute Gasteiger partial charge is 0.416 e. The van der Waals surface area contributed by atoms with Gasteiger partial charge in [0.05, 0.1) is 29.0 Å². The van der Waals surface area contributed by atoms with Gasteiger partial charge in [-0.3, -0.25) is 4.68 Å². The molecule has 0 atom stereocenters. The van der Waals surface area contributed by atoms with Gasteiger partial charge in [0.2, 0.25) is 0 Å². The van der Waals surface area contributed by atoms with Crippen LogP contribution < -0.4 is 5.32 Å². The summed E-state index contributed by atoms with van der Waals surface area (Å²) in [5, 5.41) is 6.93. The van der Waals surface area contributed by atoms with E-state index in [4.69, 9.17) is 11.6 Å². The number of alkyl halides is 3. The Morgan fingerprint density at radius 2 is 2.12 bits per heavy atom. The Labute approximate surface area is 142 Å². The van der Waals surface area contributed by atoms with Gasteiger partial charge in [-0.1, -0.05) is 17.7 Å². The van der Waals surface area contributed by atoms with Crippen molar-refractivity contribution in [1.29, 1.82) is 0 Å². The van der Waals surface area contributed by atoms with Crippen molar-refractivity contribution < 1.29 is 18.0 Å². The molecule has 0 fully saturated rings. The first-order chi connectivity index (χ1) is 11.2. The molecule has 0 spiro atoms. The predicted octanol–water partition coefficient (Wildman–Crippen LogP) is 4.24. The minimum absolute atomic E-state index is 0.0665. The number of aryl methyl sites for hydroxylation is 1. The topological polar surface area (TPSA) is 50.2 Å². The lowest BCUT2D eigenvalue weighted by molar-refractivity contribution is -0.137. The molecule has 0 bridgehead atoms. The smallest absolute Gasteiger partial charge is 0.322 e. The molecule has 0 aliphatic heterocycles. The summed E-state index contributed by atoms with van der Waals surface area (Å²) in [6, 6.07) is 3.91. The Morgan fingerprint density at radius 1 is 1.42 bits per heavy atom. The maximum absolute atomic E-state index is 12.7. The average Bonchev–Trinajstić information content (AvgIpc) is 2.87. The fourth-order valence-electron chi connectivity index (χ4n) is 2.11. The van der Waals surface area contributed by atoms with Crippen LogP contribution in [0, 0.1) is 0 Å². The van der Waals surface area contributed by atoms with Crippen molar-refractivity contribution in [2.24, 2.45) is 0 Å². The number of anilines is 1. The van der Waals surface area contributed by atoms with E-state index >= 15 is 0 Å². The summed E-state index contributed by atoms with van der Waals surface area (Å²) < 4.78 is 39.7. The molecule has 1 aromatic carbocycles. The van der Waals surface area contributed by atoms with Crippen molar-refractivity contribution in [3.05, 3.63) is 46.7 Å². The third-order valence-corrected chi connectivity index (χ3v) is 3.69. The van der Waals surface area contributed by atoms with Gasteiger partial charge in [-0.15, -0.1) is 0 Å². The zero-order valence-electron chi connectivity index (χ0n) is 13.1. The normalized spacial score (nSPS) is 11.4. The Balaban J connectivity index is 2.08. The molecule has 1 heterocycles. The molecule has 0 radical (unpaired) electrons. The zero-order chi connectivity index (χ0) is 17.9. The first-order valence-corrected chi connectivity index (χ1v) is 7.49. The van der Waals surface area contributed by atoms with Crippen LogP contribution in [0.5, 0.6) is 0 Å². The Morgan fingerprint density at radius 3 is 2.75 bits per heavy atom. The van der Waals surface area contributed by atoms with Crippen LogP contribution in [-0.4, -0.2) is 27.8 Å². The number of halogens is 4. The van der Waals surface area contributed by atoms with Gasteiger partial charge < -0.3 is 10.2 Å². The van der Waals surface area contributed by atoms with Crippen LogP contribution in [0.3, 0.4) is 0 Å². The van der Waals surface area contributed by atoms with E-state index in [0.29, 0.717) is 17.3 Å². The second-order valence-corrected chi connectivity index (χ2v) is 5.53. The molecule has 1 aromatic heterocycles. The van der Waals surface area contributed by atoms with Gasteiger partial charge in [0, 0.05) is 19.3 Å². The standard InChI is InChI=1S/C15H16ClF3N4O/c1-3-23-13(12(16)8-20-23)9-22(2)14(24)21-11-6-4-5-10(7-11)15(17,18)19/h4-8H,3,9H2,1-2H3,(H,21,24). The highest BCUT2D eigenvalue weighted by Gasteiger charge is 2.30. The molecule has 2 amide bonds. The number of urea groups is 1. The summed E-state index contributed by atoms with van der Waals surface area (Å²) in [6.07, 6.45) is -2.98. The van der Waals surface area contributed by atoms with Crippen LogP contribution in [0.2, 0.25) is 5.02 Å². The van der Waals surface area contributed by atoms with E-state index in [-0.39, 0.29) is 12.2 Å². The molecular weight excluding hydrogens is 345 g/mol. The van der Waals surface area contributed by atoms with Crippen molar-refractivity contribution in [3.8, 4) is 0 Å². The minimum Gasteiger partial charge on any atom is -0.322 e. The number of amides is 2. The zero-order valence-corrected chi connectivity index (χ0v) is 13.8. The summed E-state index contributed by atoms with van der Waals surface area (Å²) in [4.78, 5) is 13.5. The number of nitrogens with one attached hydrogen (secondary N) is 1. The highest BCUT2D eigenvalue weighted by Crippen LogP contribution is 2.30. The Kier molecular flexibility index (Phi) is 5.38. The molecular formula is C15H16ClF3N4O. The highest BCUT2D eigenvalue weighted by atomic mass is 35.5. The number of rotatable bonds is 4. The van der Waals surface area contributed by atoms with Crippen molar-refractivity contribution in [2.75, 3.05) is 12.4 Å². The van der Waals surface area contributed by atoms with E-state index in [1.54, 1.807) is 4.68 Å². The lowest BCUT2D eigenvalue weighted by atomic mass is 10.2. The van der Waals surface area contributed by atoms with E-state index in [9.17, 15) is 18.0 Å². The fourth-order valence-corrected chi connectivity index (χ4v) is 2.31. The minimum atomic E-state index is -4.46. The SMILES string of the molecule is CCn1ncc(Cl)c1CN(C)C(=O)Nc1cccc(C(F)(F)F)c1. The van der Waals surface area contributed by atoms with Crippen molar-refractivity contribution in [1.82, 2.24) is 14.7 Å². The monoisotopic (exact) mass is 360 g/mol. The van der Waals surface area contributed by atoms with E-state index in [1.165, 1.54) is 30.3 Å². The molecule has 2 rings (SSSR count). The molecule has 5 nitrogen and oxygen atoms in total. The van der Waals surface area contributed by atoms with Crippen LogP contribution in [-0.2, 0) is 19.3 Å². The van der Waals surface area contributed by atoms with E-state index in [0.717, 1.165) is 12.1 Å². The molecule has 0 unspecified atom stereocenters. The first-order valence-electron chi connectivity index (χ1n) is 7.12. The van der Waals surface area contributed by atoms with Gasteiger partial charge in [0.25, 0.3) is 0 Å². The fraction of sp³-hybridized carbons (Fsp3) is 0.333. The van der Waals surface area contributed by atoms with E-state index in [1.807, 2.05) is 6.92 Å². The Bertz CT molecular complexity index is 730. The summed E-state index contributed by atoms with van der Waals surface area (Å²) in [5.41, 5.74) is -0.104. The van der Waals surface area contributed by atoms with Gasteiger partial charge in [-0.05, 0) is 25.1 Å². The molecule has 0 aliphatic carbocycles. The predicted molar refractivity (Wildman–Crippen MR) is 84.8 cm³/mol. The molecule has 0 saturated carbocycles. The number of nitrogens with zero attached hydrogens (tertiary/aromatic N) is 3. The van der Waals surface area contributed by atoms with Crippen LogP contribution >= 0.6 is 11.6 Å². The van der Waals surface area contributed by atoms with E-state index < -0.39 is 17.8 Å².